The van der Waals surface area contributed by atoms with Crippen molar-refractivity contribution in [3.05, 3.63) is 65.7 Å². The standard InChI is InChI=1S/C22H24N4O3/c1-2-26(14-23)21(28)20(12-15-8-10-17(27)11-9-15)25-22(29)24-19-13-18(19)16-6-4-3-5-7-16/h3-11,18-20,27H,2,12-13H2,1H3,(H2,24,25,29). The fourth-order valence-electron chi connectivity index (χ4n) is 3.32. The second-order valence-electron chi connectivity index (χ2n) is 7.08. The number of carbonyl (C=O) groups excluding carboxylic acids is 2. The van der Waals surface area contributed by atoms with Crippen LogP contribution in [0.5, 0.6) is 5.75 Å². The van der Waals surface area contributed by atoms with Crippen molar-refractivity contribution in [2.75, 3.05) is 6.54 Å². The number of likely N-dealkylation sites (N-methyl/N-ethyl adjacent to an activating group) is 1. The highest BCUT2D eigenvalue weighted by molar-refractivity contribution is 5.88. The fourth-order valence-corrected chi connectivity index (χ4v) is 3.32. The number of urea groups is 1. The SMILES string of the molecule is CCN(C#N)C(=O)C(Cc1ccc(O)cc1)NC(=O)NC1CC1c1ccccc1. The van der Waals surface area contributed by atoms with Crippen LogP contribution in [-0.4, -0.2) is 40.6 Å². The van der Waals surface area contributed by atoms with Crippen LogP contribution in [0.2, 0.25) is 0 Å². The van der Waals surface area contributed by atoms with Crippen molar-refractivity contribution >= 4 is 11.9 Å². The Kier molecular flexibility index (Phi) is 6.35. The zero-order chi connectivity index (χ0) is 20.8. The summed E-state index contributed by atoms with van der Waals surface area (Å²) >= 11 is 0. The molecule has 2 aromatic rings. The van der Waals surface area contributed by atoms with Gasteiger partial charge in [-0.05, 0) is 36.6 Å². The number of benzene rings is 2. The number of hydrogen-bond acceptors (Lipinski definition) is 4. The van der Waals surface area contributed by atoms with E-state index in [1.165, 1.54) is 17.7 Å². The minimum Gasteiger partial charge on any atom is -0.508 e. The molecule has 0 spiro atoms. The summed E-state index contributed by atoms with van der Waals surface area (Å²) in [6.07, 6.45) is 2.93. The molecule has 0 radical (unpaired) electrons. The number of aromatic hydroxyl groups is 1. The molecule has 3 unspecified atom stereocenters. The van der Waals surface area contributed by atoms with Crippen molar-refractivity contribution in [1.29, 1.82) is 5.26 Å². The number of amides is 3. The van der Waals surface area contributed by atoms with Gasteiger partial charge in [0.15, 0.2) is 6.19 Å². The van der Waals surface area contributed by atoms with Gasteiger partial charge in [0.1, 0.15) is 11.8 Å². The van der Waals surface area contributed by atoms with E-state index in [1.807, 2.05) is 36.5 Å². The molecule has 0 heterocycles. The van der Waals surface area contributed by atoms with Gasteiger partial charge in [0.25, 0.3) is 5.91 Å². The number of nitrogens with zero attached hydrogens (tertiary/aromatic N) is 2. The third-order valence-corrected chi connectivity index (χ3v) is 5.02. The maximum Gasteiger partial charge on any atom is 0.315 e. The van der Waals surface area contributed by atoms with Crippen LogP contribution in [0, 0.1) is 11.5 Å². The molecule has 1 saturated carbocycles. The summed E-state index contributed by atoms with van der Waals surface area (Å²) in [6.45, 7) is 1.93. The van der Waals surface area contributed by atoms with Crippen molar-refractivity contribution in [3.63, 3.8) is 0 Å². The maximum absolute atomic E-state index is 12.7. The van der Waals surface area contributed by atoms with Gasteiger partial charge < -0.3 is 15.7 Å². The molecule has 0 bridgehead atoms. The minimum atomic E-state index is -0.881. The van der Waals surface area contributed by atoms with Crippen LogP contribution in [0.3, 0.4) is 0 Å². The number of carbonyl (C=O) groups is 2. The summed E-state index contributed by atoms with van der Waals surface area (Å²) < 4.78 is 0. The first kappa shape index (κ1) is 20.2. The van der Waals surface area contributed by atoms with Gasteiger partial charge in [-0.1, -0.05) is 42.5 Å². The Labute approximate surface area is 170 Å². The van der Waals surface area contributed by atoms with Crippen LogP contribution in [0.25, 0.3) is 0 Å². The molecule has 1 aliphatic carbocycles. The molecule has 0 saturated heterocycles. The molecular weight excluding hydrogens is 368 g/mol. The van der Waals surface area contributed by atoms with Crippen LogP contribution in [0.15, 0.2) is 54.6 Å². The predicted octanol–water partition coefficient (Wildman–Crippen LogP) is 2.49. The largest absolute Gasteiger partial charge is 0.508 e. The summed E-state index contributed by atoms with van der Waals surface area (Å²) in [5.41, 5.74) is 1.94. The molecule has 3 amide bonds. The second kappa shape index (κ2) is 9.11. The monoisotopic (exact) mass is 392 g/mol. The molecule has 2 aromatic carbocycles. The highest BCUT2D eigenvalue weighted by atomic mass is 16.3. The number of nitriles is 1. The summed E-state index contributed by atoms with van der Waals surface area (Å²) in [7, 11) is 0. The Morgan fingerprint density at radius 1 is 1.21 bits per heavy atom. The summed E-state index contributed by atoms with van der Waals surface area (Å²) in [5.74, 6) is -0.0664. The van der Waals surface area contributed by atoms with Gasteiger partial charge >= 0.3 is 6.03 Å². The summed E-state index contributed by atoms with van der Waals surface area (Å²) in [4.78, 5) is 26.2. The van der Waals surface area contributed by atoms with Crippen LogP contribution < -0.4 is 10.6 Å². The van der Waals surface area contributed by atoms with E-state index < -0.39 is 18.0 Å². The lowest BCUT2D eigenvalue weighted by Gasteiger charge is -2.22. The van der Waals surface area contributed by atoms with E-state index in [4.69, 9.17) is 0 Å². The van der Waals surface area contributed by atoms with E-state index in [1.54, 1.807) is 19.1 Å². The first-order valence-corrected chi connectivity index (χ1v) is 9.62. The van der Waals surface area contributed by atoms with Crippen molar-refractivity contribution in [3.8, 4) is 11.9 Å². The molecule has 3 rings (SSSR count). The topological polar surface area (TPSA) is 105 Å². The van der Waals surface area contributed by atoms with Crippen molar-refractivity contribution in [2.24, 2.45) is 0 Å². The van der Waals surface area contributed by atoms with Crippen LogP contribution >= 0.6 is 0 Å². The Balaban J connectivity index is 1.64. The third-order valence-electron chi connectivity index (χ3n) is 5.02. The lowest BCUT2D eigenvalue weighted by molar-refractivity contribution is -0.129. The number of phenolic OH excluding ortho intramolecular Hbond substituents is 1. The molecule has 150 valence electrons. The third kappa shape index (κ3) is 5.26. The van der Waals surface area contributed by atoms with Crippen LogP contribution in [0.4, 0.5) is 4.79 Å². The van der Waals surface area contributed by atoms with Crippen molar-refractivity contribution in [1.82, 2.24) is 15.5 Å². The average molecular weight is 392 g/mol. The molecule has 3 atom stereocenters. The lowest BCUT2D eigenvalue weighted by Crippen LogP contribution is -2.51. The first-order valence-electron chi connectivity index (χ1n) is 9.62. The van der Waals surface area contributed by atoms with E-state index in [0.29, 0.717) is 0 Å². The van der Waals surface area contributed by atoms with Gasteiger partial charge in [0.2, 0.25) is 0 Å². The van der Waals surface area contributed by atoms with Gasteiger partial charge in [-0.2, -0.15) is 5.26 Å². The molecular formula is C22H24N4O3. The van der Waals surface area contributed by atoms with Crippen LogP contribution in [0.1, 0.15) is 30.4 Å². The molecule has 0 aliphatic heterocycles. The van der Waals surface area contributed by atoms with Gasteiger partial charge in [0.05, 0.1) is 0 Å². The summed E-state index contributed by atoms with van der Waals surface area (Å²) in [5, 5.41) is 24.3. The highest BCUT2D eigenvalue weighted by Crippen LogP contribution is 2.40. The molecule has 3 N–H and O–H groups in total. The Bertz CT molecular complexity index is 893. The molecule has 1 aliphatic rings. The highest BCUT2D eigenvalue weighted by Gasteiger charge is 2.40. The zero-order valence-corrected chi connectivity index (χ0v) is 16.2. The number of phenols is 1. The van der Waals surface area contributed by atoms with Gasteiger partial charge in [-0.15, -0.1) is 0 Å². The van der Waals surface area contributed by atoms with Crippen LogP contribution in [-0.2, 0) is 11.2 Å². The minimum absolute atomic E-state index is 0.0278. The zero-order valence-electron chi connectivity index (χ0n) is 16.2. The smallest absolute Gasteiger partial charge is 0.315 e. The maximum atomic E-state index is 12.7. The fraction of sp³-hybridized carbons (Fsp3) is 0.318. The second-order valence-corrected chi connectivity index (χ2v) is 7.08. The molecule has 1 fully saturated rings. The molecule has 0 aromatic heterocycles. The van der Waals surface area contributed by atoms with E-state index in [9.17, 15) is 20.0 Å². The molecule has 29 heavy (non-hydrogen) atoms. The first-order chi connectivity index (χ1) is 14.0. The number of hydrogen-bond donors (Lipinski definition) is 3. The number of nitrogens with one attached hydrogen (secondary N) is 2. The number of rotatable bonds is 7. The normalized spacial score (nSPS) is 18.2. The Morgan fingerprint density at radius 2 is 1.90 bits per heavy atom. The Hall–Kier alpha value is -3.53. The average Bonchev–Trinajstić information content (AvgIpc) is 3.49. The van der Waals surface area contributed by atoms with E-state index in [0.717, 1.165) is 16.9 Å². The lowest BCUT2D eigenvalue weighted by atomic mass is 10.0. The Morgan fingerprint density at radius 3 is 2.52 bits per heavy atom. The van der Waals surface area contributed by atoms with E-state index >= 15 is 0 Å². The van der Waals surface area contributed by atoms with Gasteiger partial charge in [-0.25, -0.2) is 9.69 Å². The molecule has 7 heteroatoms. The van der Waals surface area contributed by atoms with E-state index in [-0.39, 0.29) is 30.7 Å². The molecule has 7 nitrogen and oxygen atoms in total. The van der Waals surface area contributed by atoms with Gasteiger partial charge in [-0.3, -0.25) is 4.79 Å². The van der Waals surface area contributed by atoms with Crippen molar-refractivity contribution < 1.29 is 14.7 Å². The van der Waals surface area contributed by atoms with E-state index in [2.05, 4.69) is 10.6 Å². The predicted molar refractivity (Wildman–Crippen MR) is 108 cm³/mol. The van der Waals surface area contributed by atoms with Gasteiger partial charge in [0, 0.05) is 24.9 Å². The summed E-state index contributed by atoms with van der Waals surface area (Å²) in [6, 6.07) is 15.1. The quantitative estimate of drug-likeness (QED) is 0.497. The van der Waals surface area contributed by atoms with Crippen molar-refractivity contribution in [2.45, 2.75) is 37.8 Å².